The van der Waals surface area contributed by atoms with E-state index in [4.69, 9.17) is 4.74 Å². The minimum Gasteiger partial charge on any atom is -0.481 e. The number of carboxylic acid groups (broad SMARTS) is 1. The molecule has 0 aromatic carbocycles. The van der Waals surface area contributed by atoms with Gasteiger partial charge in [0, 0.05) is 31.6 Å². The third-order valence-electron chi connectivity index (χ3n) is 15.2. The number of piperidine rings is 1. The number of aliphatic hydroxyl groups is 1. The molecule has 0 radical (unpaired) electrons. The lowest BCUT2D eigenvalue weighted by molar-refractivity contribution is -0.197. The highest BCUT2D eigenvalue weighted by Gasteiger charge is 2.86. The summed E-state index contributed by atoms with van der Waals surface area (Å²) in [6, 6.07) is 0. The fourth-order valence-corrected chi connectivity index (χ4v) is 13.3. The summed E-state index contributed by atoms with van der Waals surface area (Å²) in [6.07, 6.45) is 18.1. The Morgan fingerprint density at radius 1 is 1.04 bits per heavy atom. The van der Waals surface area contributed by atoms with Gasteiger partial charge in [-0.3, -0.25) is 9.69 Å². The Morgan fingerprint density at radius 2 is 1.78 bits per heavy atom. The molecule has 7 heteroatoms. The lowest BCUT2D eigenvalue weighted by atomic mass is 9.41. The summed E-state index contributed by atoms with van der Waals surface area (Å²) in [5.41, 5.74) is -1.58. The highest BCUT2D eigenvalue weighted by atomic mass is 16.5. The zero-order valence-corrected chi connectivity index (χ0v) is 29.0. The predicted octanol–water partition coefficient (Wildman–Crippen LogP) is 6.05. The zero-order valence-electron chi connectivity index (χ0n) is 29.0. The number of aldehydes is 1. The molecule has 7 rings (SSSR count). The normalized spacial score (nSPS) is 44.2. The van der Waals surface area contributed by atoms with Crippen LogP contribution in [0.2, 0.25) is 0 Å². The van der Waals surface area contributed by atoms with Gasteiger partial charge in [-0.05, 0) is 93.0 Å². The maximum absolute atomic E-state index is 14.2. The number of rotatable bonds is 12. The minimum atomic E-state index is -1.18. The third kappa shape index (κ3) is 4.78. The van der Waals surface area contributed by atoms with Gasteiger partial charge in [-0.15, -0.1) is 0 Å². The molecule has 0 spiro atoms. The molecule has 2 N–H and O–H groups in total. The van der Waals surface area contributed by atoms with E-state index >= 15 is 0 Å². The molecule has 2 heterocycles. The Kier molecular flexibility index (Phi) is 9.30. The SMILES string of the molecule is CC(C)C1=CC2CC3(C=O)[C@@H]4CC[C@@H](C)[C@H]4CC2(C2CC(C4CCCCC4)C(CN(CCO)CCN4CCCCC4)O2)[C@]13C(=O)O. The van der Waals surface area contributed by atoms with E-state index in [1.807, 2.05) is 0 Å². The van der Waals surface area contributed by atoms with E-state index in [2.05, 4.69) is 36.6 Å². The van der Waals surface area contributed by atoms with Crippen molar-refractivity contribution in [1.29, 1.82) is 0 Å². The van der Waals surface area contributed by atoms with Crippen LogP contribution in [0, 0.1) is 57.7 Å². The molecular formula is C39H62N2O5. The number of aliphatic carboxylic acids is 1. The molecule has 10 atom stereocenters. The van der Waals surface area contributed by atoms with Gasteiger partial charge in [0.2, 0.25) is 0 Å². The van der Waals surface area contributed by atoms with Crippen molar-refractivity contribution < 1.29 is 24.5 Å². The van der Waals surface area contributed by atoms with Crippen LogP contribution in [0.3, 0.4) is 0 Å². The summed E-state index contributed by atoms with van der Waals surface area (Å²) in [5.74, 6) is 1.44. The number of fused-ring (bicyclic) bond motifs is 2. The lowest BCUT2D eigenvalue weighted by Gasteiger charge is -2.60. The first-order valence-electron chi connectivity index (χ1n) is 19.4. The molecule has 0 aromatic heterocycles. The largest absolute Gasteiger partial charge is 0.481 e. The van der Waals surface area contributed by atoms with Gasteiger partial charge in [0.25, 0.3) is 0 Å². The van der Waals surface area contributed by atoms with Gasteiger partial charge in [0.1, 0.15) is 11.7 Å². The van der Waals surface area contributed by atoms with E-state index in [0.29, 0.717) is 36.6 Å². The zero-order chi connectivity index (χ0) is 32.3. The fraction of sp³-hybridized carbons (Fsp3) is 0.897. The second kappa shape index (κ2) is 12.9. The van der Waals surface area contributed by atoms with Crippen molar-refractivity contribution in [3.63, 3.8) is 0 Å². The Labute approximate surface area is 277 Å². The van der Waals surface area contributed by atoms with Gasteiger partial charge in [0.15, 0.2) is 0 Å². The van der Waals surface area contributed by atoms with Crippen LogP contribution in [0.15, 0.2) is 11.6 Å². The number of ether oxygens (including phenoxy) is 1. The number of allylic oxidation sites excluding steroid dienone is 1. The first-order chi connectivity index (χ1) is 22.2. The molecule has 6 unspecified atom stereocenters. The molecule has 258 valence electrons. The van der Waals surface area contributed by atoms with Crippen LogP contribution >= 0.6 is 0 Å². The summed E-state index contributed by atoms with van der Waals surface area (Å²) in [7, 11) is 0. The predicted molar refractivity (Wildman–Crippen MR) is 179 cm³/mol. The van der Waals surface area contributed by atoms with Crippen LogP contribution in [0.25, 0.3) is 0 Å². The molecule has 7 aliphatic rings. The summed E-state index contributed by atoms with van der Waals surface area (Å²) in [6.45, 7) is 12.5. The molecule has 6 fully saturated rings. The van der Waals surface area contributed by atoms with E-state index in [0.717, 1.165) is 57.2 Å². The average Bonchev–Trinajstić information content (AvgIpc) is 3.78. The quantitative estimate of drug-likeness (QED) is 0.199. The number of likely N-dealkylation sites (tertiary alicyclic amines) is 1. The average molecular weight is 639 g/mol. The number of hydrogen-bond donors (Lipinski definition) is 2. The van der Waals surface area contributed by atoms with Crippen LogP contribution in [0.5, 0.6) is 0 Å². The molecule has 5 aliphatic carbocycles. The number of hydrogen-bond acceptors (Lipinski definition) is 6. The Morgan fingerprint density at radius 3 is 2.46 bits per heavy atom. The number of carboxylic acids is 1. The Hall–Kier alpha value is -1.28. The van der Waals surface area contributed by atoms with E-state index in [1.165, 1.54) is 64.5 Å². The summed E-state index contributed by atoms with van der Waals surface area (Å²) < 4.78 is 7.46. The molecule has 0 amide bonds. The van der Waals surface area contributed by atoms with Crippen molar-refractivity contribution >= 4 is 12.3 Å². The molecule has 4 bridgehead atoms. The van der Waals surface area contributed by atoms with Crippen LogP contribution in [-0.2, 0) is 14.3 Å². The topological polar surface area (TPSA) is 90.3 Å². The van der Waals surface area contributed by atoms with Crippen molar-refractivity contribution in [2.75, 3.05) is 45.9 Å². The highest BCUT2D eigenvalue weighted by molar-refractivity contribution is 5.90. The van der Waals surface area contributed by atoms with Crippen molar-refractivity contribution in [1.82, 2.24) is 9.80 Å². The summed E-state index contributed by atoms with van der Waals surface area (Å²) in [4.78, 5) is 32.8. The third-order valence-corrected chi connectivity index (χ3v) is 15.2. The number of carbonyl (C=O) groups excluding carboxylic acids is 1. The number of nitrogens with zero attached hydrogens (tertiary/aromatic N) is 2. The first kappa shape index (κ1) is 33.2. The summed E-state index contributed by atoms with van der Waals surface area (Å²) in [5, 5.41) is 21.7. The van der Waals surface area contributed by atoms with Gasteiger partial charge >= 0.3 is 5.97 Å². The smallest absolute Gasteiger partial charge is 0.315 e. The number of carbonyl (C=O) groups is 2. The van der Waals surface area contributed by atoms with Crippen molar-refractivity contribution in [3.05, 3.63) is 11.6 Å². The minimum absolute atomic E-state index is 0.0353. The standard InChI is InChI=1S/C39H62N2O5/c1-26(2)33-20-29-22-37(25-43)32-13-12-27(3)31(32)23-38(29,39(33,37)36(44)45)35-21-30(28-10-6-4-7-11-28)34(46-35)24-41(18-19-42)17-16-40-14-8-5-9-15-40/h20,25-32,34-35,42H,4-19,21-24H2,1-3H3,(H,44,45)/t27-,29?,30?,31-,32-,34?,35?,37?,38?,39+/m1/s1. The molecule has 46 heavy (non-hydrogen) atoms. The van der Waals surface area contributed by atoms with Gasteiger partial charge in [0.05, 0.1) is 24.2 Å². The van der Waals surface area contributed by atoms with Crippen LogP contribution in [0.1, 0.15) is 104 Å². The molecule has 7 nitrogen and oxygen atoms in total. The molecular weight excluding hydrogens is 576 g/mol. The van der Waals surface area contributed by atoms with Crippen LogP contribution in [0.4, 0.5) is 0 Å². The Balaban J connectivity index is 1.25. The van der Waals surface area contributed by atoms with Crippen LogP contribution in [-0.4, -0.2) is 90.4 Å². The van der Waals surface area contributed by atoms with E-state index < -0.39 is 22.2 Å². The maximum Gasteiger partial charge on any atom is 0.315 e. The summed E-state index contributed by atoms with van der Waals surface area (Å²) >= 11 is 0. The van der Waals surface area contributed by atoms with E-state index in [1.54, 1.807) is 0 Å². The van der Waals surface area contributed by atoms with Crippen molar-refractivity contribution in [3.8, 4) is 0 Å². The molecule has 2 aliphatic heterocycles. The van der Waals surface area contributed by atoms with E-state index in [-0.39, 0.29) is 36.6 Å². The van der Waals surface area contributed by atoms with Crippen molar-refractivity contribution in [2.24, 2.45) is 57.7 Å². The first-order valence-corrected chi connectivity index (χ1v) is 19.4. The fourth-order valence-electron chi connectivity index (χ4n) is 13.3. The van der Waals surface area contributed by atoms with Gasteiger partial charge in [-0.2, -0.15) is 0 Å². The Bertz CT molecular complexity index is 1160. The number of aliphatic hydroxyl groups excluding tert-OH is 1. The molecule has 2 saturated heterocycles. The van der Waals surface area contributed by atoms with Gasteiger partial charge in [-0.1, -0.05) is 77.4 Å². The highest BCUT2D eigenvalue weighted by Crippen LogP contribution is 2.84. The van der Waals surface area contributed by atoms with E-state index in [9.17, 15) is 19.8 Å². The van der Waals surface area contributed by atoms with Gasteiger partial charge in [-0.25, -0.2) is 0 Å². The second-order valence-electron chi connectivity index (χ2n) is 17.3. The maximum atomic E-state index is 14.2. The second-order valence-corrected chi connectivity index (χ2v) is 17.3. The van der Waals surface area contributed by atoms with Crippen molar-refractivity contribution in [2.45, 2.75) is 116 Å². The monoisotopic (exact) mass is 638 g/mol. The molecule has 4 saturated carbocycles. The van der Waals surface area contributed by atoms with Gasteiger partial charge < -0.3 is 24.6 Å². The van der Waals surface area contributed by atoms with Crippen LogP contribution < -0.4 is 0 Å². The molecule has 0 aromatic rings. The lowest BCUT2D eigenvalue weighted by Crippen LogP contribution is -2.65.